The van der Waals surface area contributed by atoms with Gasteiger partial charge in [0.2, 0.25) is 10.0 Å². The predicted octanol–water partition coefficient (Wildman–Crippen LogP) is 2.35. The van der Waals surface area contributed by atoms with Crippen molar-refractivity contribution in [2.75, 3.05) is 20.1 Å². The lowest BCUT2D eigenvalue weighted by Gasteiger charge is -2.37. The van der Waals surface area contributed by atoms with Crippen LogP contribution in [0.4, 0.5) is 0 Å². The molecule has 4 rings (SSSR count). The maximum absolute atomic E-state index is 13.1. The number of oxime groups is 1. The van der Waals surface area contributed by atoms with Gasteiger partial charge in [0.05, 0.1) is 23.7 Å². The molecule has 9 heteroatoms. The first-order chi connectivity index (χ1) is 14.8. The van der Waals surface area contributed by atoms with Crippen LogP contribution in [-0.4, -0.2) is 60.0 Å². The molecule has 1 fully saturated rings. The van der Waals surface area contributed by atoms with Crippen molar-refractivity contribution >= 4 is 21.6 Å². The average molecular weight is 443 g/mol. The van der Waals surface area contributed by atoms with Gasteiger partial charge < -0.3 is 9.74 Å². The van der Waals surface area contributed by atoms with E-state index in [1.807, 2.05) is 25.1 Å². The van der Waals surface area contributed by atoms with E-state index in [9.17, 15) is 13.2 Å². The third-order valence-electron chi connectivity index (χ3n) is 5.72. The molecule has 2 aliphatic heterocycles. The van der Waals surface area contributed by atoms with Crippen LogP contribution >= 0.6 is 0 Å². The highest BCUT2D eigenvalue weighted by molar-refractivity contribution is 7.89. The van der Waals surface area contributed by atoms with Gasteiger partial charge in [-0.2, -0.15) is 4.31 Å². The highest BCUT2D eigenvalue weighted by atomic mass is 32.2. The second-order valence-electron chi connectivity index (χ2n) is 8.23. The van der Waals surface area contributed by atoms with Gasteiger partial charge in [-0.25, -0.2) is 8.42 Å². The Morgan fingerprint density at radius 2 is 2.00 bits per heavy atom. The van der Waals surface area contributed by atoms with Gasteiger partial charge in [0.1, 0.15) is 5.71 Å². The Morgan fingerprint density at radius 1 is 1.23 bits per heavy atom. The third-order valence-corrected chi connectivity index (χ3v) is 7.58. The van der Waals surface area contributed by atoms with Gasteiger partial charge >= 0.3 is 0 Å². The Bertz CT molecular complexity index is 1090. The van der Waals surface area contributed by atoms with Crippen LogP contribution in [0.5, 0.6) is 0 Å². The number of rotatable bonds is 5. The summed E-state index contributed by atoms with van der Waals surface area (Å²) in [4.78, 5) is 24.6. The monoisotopic (exact) mass is 442 g/mol. The number of amides is 1. The van der Waals surface area contributed by atoms with Crippen molar-refractivity contribution in [2.24, 2.45) is 5.16 Å². The SMILES string of the molecule is Cc1ccc(S(=O)(=O)N2CCC[C@@]3(CC(C(=O)N(C)Cc4ccccn4)=NO3)C2)cc1. The zero-order valence-corrected chi connectivity index (χ0v) is 18.5. The van der Waals surface area contributed by atoms with Crippen LogP contribution in [-0.2, 0) is 26.2 Å². The van der Waals surface area contributed by atoms with E-state index in [0.29, 0.717) is 31.6 Å². The number of piperidine rings is 1. The molecule has 1 saturated heterocycles. The molecule has 0 saturated carbocycles. The molecule has 0 aliphatic carbocycles. The number of carbonyl (C=O) groups is 1. The Morgan fingerprint density at radius 3 is 2.71 bits per heavy atom. The number of hydrogen-bond donors (Lipinski definition) is 0. The molecule has 0 radical (unpaired) electrons. The zero-order valence-electron chi connectivity index (χ0n) is 17.7. The van der Waals surface area contributed by atoms with Crippen LogP contribution < -0.4 is 0 Å². The first kappa shape index (κ1) is 21.5. The van der Waals surface area contributed by atoms with Gasteiger partial charge in [-0.15, -0.1) is 0 Å². The standard InChI is InChI=1S/C22H26N4O4S/c1-17-7-9-19(10-8-17)31(28,29)26-13-5-11-22(16-26)14-20(24-30-22)21(27)25(2)15-18-6-3-4-12-23-18/h3-4,6-10,12H,5,11,13-16H2,1-2H3/t22-/m1/s1. The van der Waals surface area contributed by atoms with Gasteiger partial charge in [-0.3, -0.25) is 9.78 Å². The van der Waals surface area contributed by atoms with Crippen LogP contribution in [0.3, 0.4) is 0 Å². The number of nitrogens with zero attached hydrogens (tertiary/aromatic N) is 4. The first-order valence-electron chi connectivity index (χ1n) is 10.3. The Balaban J connectivity index is 1.44. The largest absolute Gasteiger partial charge is 0.387 e. The number of benzene rings is 1. The molecule has 0 unspecified atom stereocenters. The number of aryl methyl sites for hydroxylation is 1. The van der Waals surface area contributed by atoms with Crippen LogP contribution in [0.2, 0.25) is 0 Å². The summed E-state index contributed by atoms with van der Waals surface area (Å²) in [6, 6.07) is 12.4. The topological polar surface area (TPSA) is 92.2 Å². The molecule has 2 aliphatic rings. The van der Waals surface area contributed by atoms with E-state index >= 15 is 0 Å². The number of carbonyl (C=O) groups excluding carboxylic acids is 1. The second kappa shape index (κ2) is 8.39. The van der Waals surface area contributed by atoms with Crippen LogP contribution in [0.15, 0.2) is 58.7 Å². The number of aromatic nitrogens is 1. The summed E-state index contributed by atoms with van der Waals surface area (Å²) in [5.74, 6) is -0.235. The predicted molar refractivity (Wildman–Crippen MR) is 116 cm³/mol. The molecule has 0 N–H and O–H groups in total. The minimum atomic E-state index is -3.64. The van der Waals surface area contributed by atoms with Gasteiger partial charge in [-0.1, -0.05) is 28.9 Å². The molecule has 1 atom stereocenters. The summed E-state index contributed by atoms with van der Waals surface area (Å²) in [7, 11) is -1.94. The molecule has 2 aromatic rings. The maximum Gasteiger partial charge on any atom is 0.271 e. The van der Waals surface area contributed by atoms with Crippen molar-refractivity contribution in [3.63, 3.8) is 0 Å². The van der Waals surface area contributed by atoms with Gasteiger partial charge in [0.25, 0.3) is 5.91 Å². The average Bonchev–Trinajstić information content (AvgIpc) is 3.17. The lowest BCUT2D eigenvalue weighted by atomic mass is 9.89. The minimum absolute atomic E-state index is 0.174. The molecule has 1 aromatic heterocycles. The van der Waals surface area contributed by atoms with E-state index in [-0.39, 0.29) is 23.8 Å². The molecular weight excluding hydrogens is 416 g/mol. The van der Waals surface area contributed by atoms with Crippen molar-refractivity contribution < 1.29 is 18.0 Å². The molecule has 31 heavy (non-hydrogen) atoms. The second-order valence-corrected chi connectivity index (χ2v) is 10.2. The fourth-order valence-corrected chi connectivity index (χ4v) is 5.56. The lowest BCUT2D eigenvalue weighted by Crippen LogP contribution is -2.50. The van der Waals surface area contributed by atoms with E-state index in [1.54, 1.807) is 42.4 Å². The first-order valence-corrected chi connectivity index (χ1v) is 11.7. The molecule has 8 nitrogen and oxygen atoms in total. The Hall–Kier alpha value is -2.78. The summed E-state index contributed by atoms with van der Waals surface area (Å²) in [6.45, 7) is 2.87. The van der Waals surface area contributed by atoms with E-state index in [4.69, 9.17) is 4.84 Å². The van der Waals surface area contributed by atoms with Gasteiger partial charge in [-0.05, 0) is 44.0 Å². The van der Waals surface area contributed by atoms with Crippen molar-refractivity contribution in [3.8, 4) is 0 Å². The number of sulfonamides is 1. The summed E-state index contributed by atoms with van der Waals surface area (Å²) in [5.41, 5.74) is 1.29. The Kier molecular flexibility index (Phi) is 5.81. The van der Waals surface area contributed by atoms with Crippen LogP contribution in [0.25, 0.3) is 0 Å². The lowest BCUT2D eigenvalue weighted by molar-refractivity contribution is -0.123. The summed E-state index contributed by atoms with van der Waals surface area (Å²) in [6.07, 6.45) is 3.27. The molecular formula is C22H26N4O4S. The normalized spacial score (nSPS) is 21.5. The highest BCUT2D eigenvalue weighted by Gasteiger charge is 2.47. The smallest absolute Gasteiger partial charge is 0.271 e. The molecule has 1 amide bonds. The van der Waals surface area contributed by atoms with Crippen molar-refractivity contribution in [3.05, 3.63) is 59.9 Å². The number of hydrogen-bond acceptors (Lipinski definition) is 6. The van der Waals surface area contributed by atoms with E-state index < -0.39 is 15.6 Å². The van der Waals surface area contributed by atoms with E-state index in [2.05, 4.69) is 10.1 Å². The fraction of sp³-hybridized carbons (Fsp3) is 0.409. The van der Waals surface area contributed by atoms with Crippen molar-refractivity contribution in [1.29, 1.82) is 0 Å². The fourth-order valence-electron chi connectivity index (χ4n) is 4.00. The summed E-state index contributed by atoms with van der Waals surface area (Å²) < 4.78 is 27.7. The highest BCUT2D eigenvalue weighted by Crippen LogP contribution is 2.36. The maximum atomic E-state index is 13.1. The van der Waals surface area contributed by atoms with E-state index in [1.165, 1.54) is 4.31 Å². The number of pyridine rings is 1. The minimum Gasteiger partial charge on any atom is -0.387 e. The molecule has 164 valence electrons. The molecule has 1 aromatic carbocycles. The summed E-state index contributed by atoms with van der Waals surface area (Å²) in [5, 5.41) is 4.06. The quantitative estimate of drug-likeness (QED) is 0.709. The Labute approximate surface area is 182 Å². The van der Waals surface area contributed by atoms with Crippen molar-refractivity contribution in [2.45, 2.75) is 43.2 Å². The third kappa shape index (κ3) is 4.47. The van der Waals surface area contributed by atoms with Gasteiger partial charge in [0, 0.05) is 26.2 Å². The summed E-state index contributed by atoms with van der Waals surface area (Å²) >= 11 is 0. The van der Waals surface area contributed by atoms with Crippen molar-refractivity contribution in [1.82, 2.24) is 14.2 Å². The van der Waals surface area contributed by atoms with E-state index in [0.717, 1.165) is 11.3 Å². The molecule has 0 bridgehead atoms. The molecule has 1 spiro atoms. The van der Waals surface area contributed by atoms with Crippen LogP contribution in [0, 0.1) is 6.92 Å². The van der Waals surface area contributed by atoms with Crippen LogP contribution in [0.1, 0.15) is 30.5 Å². The van der Waals surface area contributed by atoms with Gasteiger partial charge in [0.15, 0.2) is 5.60 Å². The zero-order chi connectivity index (χ0) is 22.1. The molecule has 3 heterocycles.